The summed E-state index contributed by atoms with van der Waals surface area (Å²) in [6, 6.07) is 0.646. The van der Waals surface area contributed by atoms with Crippen molar-refractivity contribution in [2.75, 3.05) is 6.54 Å². The Morgan fingerprint density at radius 2 is 2.25 bits per heavy atom. The van der Waals surface area contributed by atoms with Crippen LogP contribution < -0.4 is 5.32 Å². The van der Waals surface area contributed by atoms with Crippen molar-refractivity contribution in [1.82, 2.24) is 10.3 Å². The van der Waals surface area contributed by atoms with Gasteiger partial charge in [0.05, 0.1) is 11.2 Å². The van der Waals surface area contributed by atoms with Gasteiger partial charge < -0.3 is 5.32 Å². The van der Waals surface area contributed by atoms with Gasteiger partial charge in [0.25, 0.3) is 0 Å². The molecular formula is C9H12N2S. The van der Waals surface area contributed by atoms with E-state index >= 15 is 0 Å². The maximum absolute atomic E-state index is 4.46. The first kappa shape index (κ1) is 7.04. The van der Waals surface area contributed by atoms with Crippen LogP contribution >= 0.6 is 11.3 Å². The summed E-state index contributed by atoms with van der Waals surface area (Å²) in [5.74, 6) is 0.814. The highest BCUT2D eigenvalue weighted by atomic mass is 32.1. The zero-order chi connectivity index (χ0) is 7.97. The third kappa shape index (κ3) is 1.00. The SMILES string of the molecule is c1nc(C2CC2)c(C2CCN2)s1. The van der Waals surface area contributed by atoms with E-state index in [2.05, 4.69) is 10.3 Å². The third-order valence-corrected chi connectivity index (χ3v) is 3.69. The summed E-state index contributed by atoms with van der Waals surface area (Å²) < 4.78 is 0. The quantitative estimate of drug-likeness (QED) is 0.753. The second kappa shape index (κ2) is 2.54. The number of hydrogen-bond donors (Lipinski definition) is 1. The second-order valence-corrected chi connectivity index (χ2v) is 4.56. The number of aromatic nitrogens is 1. The molecule has 1 aliphatic heterocycles. The molecule has 64 valence electrons. The largest absolute Gasteiger partial charge is 0.309 e. The lowest BCUT2D eigenvalue weighted by Crippen LogP contribution is -2.34. The summed E-state index contributed by atoms with van der Waals surface area (Å²) in [5, 5.41) is 3.44. The highest BCUT2D eigenvalue weighted by Crippen LogP contribution is 2.44. The molecule has 1 unspecified atom stereocenters. The molecule has 3 rings (SSSR count). The van der Waals surface area contributed by atoms with E-state index in [-0.39, 0.29) is 0 Å². The van der Waals surface area contributed by atoms with Gasteiger partial charge in [0.2, 0.25) is 0 Å². The molecule has 0 radical (unpaired) electrons. The molecule has 1 atom stereocenters. The monoisotopic (exact) mass is 180 g/mol. The Morgan fingerprint density at radius 1 is 1.42 bits per heavy atom. The molecule has 2 fully saturated rings. The van der Waals surface area contributed by atoms with Crippen LogP contribution in [-0.2, 0) is 0 Å². The predicted octanol–water partition coefficient (Wildman–Crippen LogP) is 2.05. The molecule has 2 heterocycles. The van der Waals surface area contributed by atoms with Crippen LogP contribution in [0.5, 0.6) is 0 Å². The Labute approximate surface area is 76.0 Å². The molecule has 2 nitrogen and oxygen atoms in total. The Hall–Kier alpha value is -0.410. The van der Waals surface area contributed by atoms with Crippen molar-refractivity contribution in [3.8, 4) is 0 Å². The van der Waals surface area contributed by atoms with E-state index in [9.17, 15) is 0 Å². The van der Waals surface area contributed by atoms with E-state index in [1.807, 2.05) is 16.8 Å². The fraction of sp³-hybridized carbons (Fsp3) is 0.667. The number of thiazole rings is 1. The molecule has 1 saturated carbocycles. The van der Waals surface area contributed by atoms with Crippen LogP contribution in [0.2, 0.25) is 0 Å². The topological polar surface area (TPSA) is 24.9 Å². The van der Waals surface area contributed by atoms with Crippen LogP contribution in [-0.4, -0.2) is 11.5 Å². The molecule has 2 aliphatic rings. The number of nitrogens with one attached hydrogen (secondary N) is 1. The zero-order valence-electron chi connectivity index (χ0n) is 6.92. The van der Waals surface area contributed by atoms with Crippen LogP contribution in [0.3, 0.4) is 0 Å². The third-order valence-electron chi connectivity index (χ3n) is 2.73. The molecule has 1 N–H and O–H groups in total. The number of nitrogens with zero attached hydrogens (tertiary/aromatic N) is 1. The van der Waals surface area contributed by atoms with Gasteiger partial charge in [-0.3, -0.25) is 0 Å². The molecule has 0 aromatic carbocycles. The van der Waals surface area contributed by atoms with Crippen molar-refractivity contribution in [2.45, 2.75) is 31.2 Å². The first-order valence-electron chi connectivity index (χ1n) is 4.62. The first-order valence-corrected chi connectivity index (χ1v) is 5.50. The fourth-order valence-corrected chi connectivity index (χ4v) is 2.69. The van der Waals surface area contributed by atoms with Gasteiger partial charge >= 0.3 is 0 Å². The van der Waals surface area contributed by atoms with E-state index in [1.165, 1.54) is 36.4 Å². The minimum atomic E-state index is 0.646. The van der Waals surface area contributed by atoms with E-state index in [4.69, 9.17) is 0 Å². The number of hydrogen-bond acceptors (Lipinski definition) is 3. The molecular weight excluding hydrogens is 168 g/mol. The van der Waals surface area contributed by atoms with Crippen molar-refractivity contribution in [3.05, 3.63) is 16.1 Å². The Kier molecular flexibility index (Phi) is 1.49. The summed E-state index contributed by atoms with van der Waals surface area (Å²) in [5.41, 5.74) is 3.40. The van der Waals surface area contributed by atoms with Gasteiger partial charge in [-0.05, 0) is 25.8 Å². The van der Waals surface area contributed by atoms with Gasteiger partial charge in [0, 0.05) is 16.8 Å². The molecule has 3 heteroatoms. The molecule has 12 heavy (non-hydrogen) atoms. The van der Waals surface area contributed by atoms with Crippen LogP contribution in [0.1, 0.15) is 41.8 Å². The minimum absolute atomic E-state index is 0.646. The average Bonchev–Trinajstić information content (AvgIpc) is 2.70. The number of rotatable bonds is 2. The van der Waals surface area contributed by atoms with Crippen molar-refractivity contribution >= 4 is 11.3 Å². The van der Waals surface area contributed by atoms with Crippen molar-refractivity contribution in [2.24, 2.45) is 0 Å². The Morgan fingerprint density at radius 3 is 2.83 bits per heavy atom. The predicted molar refractivity (Wildman–Crippen MR) is 49.4 cm³/mol. The van der Waals surface area contributed by atoms with Gasteiger partial charge in [-0.1, -0.05) is 0 Å². The smallest absolute Gasteiger partial charge is 0.0798 e. The molecule has 1 aliphatic carbocycles. The van der Waals surface area contributed by atoms with Crippen LogP contribution in [0.25, 0.3) is 0 Å². The second-order valence-electron chi connectivity index (χ2n) is 3.67. The maximum atomic E-state index is 4.46. The molecule has 1 aromatic rings. The Balaban J connectivity index is 1.91. The summed E-state index contributed by atoms with van der Waals surface area (Å²) in [6.07, 6.45) is 4.04. The van der Waals surface area contributed by atoms with E-state index in [0.717, 1.165) is 5.92 Å². The molecule has 1 aromatic heterocycles. The van der Waals surface area contributed by atoms with Gasteiger partial charge in [0.15, 0.2) is 0 Å². The van der Waals surface area contributed by atoms with E-state index in [0.29, 0.717) is 6.04 Å². The van der Waals surface area contributed by atoms with Gasteiger partial charge in [-0.25, -0.2) is 4.98 Å². The molecule has 0 spiro atoms. The van der Waals surface area contributed by atoms with Crippen molar-refractivity contribution in [1.29, 1.82) is 0 Å². The van der Waals surface area contributed by atoms with Gasteiger partial charge in [-0.15, -0.1) is 11.3 Å². The molecule has 1 saturated heterocycles. The van der Waals surface area contributed by atoms with Gasteiger partial charge in [0.1, 0.15) is 0 Å². The molecule has 0 bridgehead atoms. The molecule has 0 amide bonds. The van der Waals surface area contributed by atoms with Crippen molar-refractivity contribution in [3.63, 3.8) is 0 Å². The summed E-state index contributed by atoms with van der Waals surface area (Å²) in [7, 11) is 0. The fourth-order valence-electron chi connectivity index (χ4n) is 1.70. The summed E-state index contributed by atoms with van der Waals surface area (Å²) in [4.78, 5) is 5.98. The lowest BCUT2D eigenvalue weighted by Gasteiger charge is -2.27. The van der Waals surface area contributed by atoms with Gasteiger partial charge in [-0.2, -0.15) is 0 Å². The standard InChI is InChI=1S/C9H12N2S/c1-2-6(1)8-9(12-5-11-8)7-3-4-10-7/h5-7,10H,1-4H2. The normalized spacial score (nSPS) is 28.5. The summed E-state index contributed by atoms with van der Waals surface area (Å²) >= 11 is 1.83. The van der Waals surface area contributed by atoms with E-state index < -0.39 is 0 Å². The average molecular weight is 180 g/mol. The minimum Gasteiger partial charge on any atom is -0.309 e. The van der Waals surface area contributed by atoms with Crippen LogP contribution in [0.15, 0.2) is 5.51 Å². The van der Waals surface area contributed by atoms with Crippen LogP contribution in [0.4, 0.5) is 0 Å². The zero-order valence-corrected chi connectivity index (χ0v) is 7.73. The maximum Gasteiger partial charge on any atom is 0.0798 e. The van der Waals surface area contributed by atoms with Crippen LogP contribution in [0, 0.1) is 0 Å². The van der Waals surface area contributed by atoms with Crippen molar-refractivity contribution < 1.29 is 0 Å². The lowest BCUT2D eigenvalue weighted by atomic mass is 10.0. The highest BCUT2D eigenvalue weighted by molar-refractivity contribution is 7.09. The summed E-state index contributed by atoms with van der Waals surface area (Å²) in [6.45, 7) is 1.19. The lowest BCUT2D eigenvalue weighted by molar-refractivity contribution is 0.386. The first-order chi connectivity index (χ1) is 5.95. The highest BCUT2D eigenvalue weighted by Gasteiger charge is 2.32. The van der Waals surface area contributed by atoms with E-state index in [1.54, 1.807) is 0 Å². The Bertz CT molecular complexity index is 286.